The lowest BCUT2D eigenvalue weighted by Gasteiger charge is -2.17. The summed E-state index contributed by atoms with van der Waals surface area (Å²) in [7, 11) is 1.84. The van der Waals surface area contributed by atoms with Gasteiger partial charge in [-0.3, -0.25) is 4.79 Å². The third kappa shape index (κ3) is 3.33. The van der Waals surface area contributed by atoms with Gasteiger partial charge in [-0.15, -0.1) is 0 Å². The van der Waals surface area contributed by atoms with E-state index >= 15 is 0 Å². The molecule has 17 heavy (non-hydrogen) atoms. The number of aryl methyl sites for hydroxylation is 1. The molecule has 1 atom stereocenters. The van der Waals surface area contributed by atoms with Crippen LogP contribution in [-0.2, 0) is 11.3 Å². The number of furan rings is 1. The number of nitrogens with zero attached hydrogens (tertiary/aromatic N) is 1. The van der Waals surface area contributed by atoms with E-state index in [2.05, 4.69) is 5.32 Å². The molecule has 0 aromatic carbocycles. The fourth-order valence-corrected chi connectivity index (χ4v) is 2.18. The first-order valence-electron chi connectivity index (χ1n) is 6.15. The van der Waals surface area contributed by atoms with Crippen LogP contribution in [0.4, 0.5) is 0 Å². The van der Waals surface area contributed by atoms with Crippen LogP contribution in [0.2, 0.25) is 0 Å². The summed E-state index contributed by atoms with van der Waals surface area (Å²) in [5.74, 6) is 2.44. The molecular formula is C13H20N2O2. The molecular weight excluding hydrogens is 216 g/mol. The molecule has 0 bridgehead atoms. The Bertz CT molecular complexity index is 381. The van der Waals surface area contributed by atoms with Crippen molar-refractivity contribution in [2.45, 2.75) is 26.3 Å². The predicted octanol–water partition coefficient (Wildman–Crippen LogP) is 1.55. The van der Waals surface area contributed by atoms with Gasteiger partial charge in [0.2, 0.25) is 5.91 Å². The highest BCUT2D eigenvalue weighted by Crippen LogP contribution is 2.15. The molecule has 94 valence electrons. The van der Waals surface area contributed by atoms with Crippen molar-refractivity contribution in [1.82, 2.24) is 10.2 Å². The number of hydrogen-bond acceptors (Lipinski definition) is 3. The smallest absolute Gasteiger partial charge is 0.223 e. The Kier molecular flexibility index (Phi) is 3.84. The molecule has 1 saturated heterocycles. The van der Waals surface area contributed by atoms with Crippen LogP contribution < -0.4 is 5.32 Å². The van der Waals surface area contributed by atoms with Gasteiger partial charge in [0.1, 0.15) is 11.5 Å². The monoisotopic (exact) mass is 236 g/mol. The van der Waals surface area contributed by atoms with E-state index < -0.39 is 0 Å². The van der Waals surface area contributed by atoms with Gasteiger partial charge in [-0.2, -0.15) is 0 Å². The van der Waals surface area contributed by atoms with Crippen molar-refractivity contribution < 1.29 is 9.21 Å². The molecule has 0 aliphatic carbocycles. The molecule has 0 saturated carbocycles. The molecule has 2 heterocycles. The number of nitrogens with one attached hydrogen (secondary N) is 1. The fourth-order valence-electron chi connectivity index (χ4n) is 2.18. The number of hydrogen-bond donors (Lipinski definition) is 1. The minimum atomic E-state index is 0.202. The van der Waals surface area contributed by atoms with Crippen molar-refractivity contribution in [3.63, 3.8) is 0 Å². The summed E-state index contributed by atoms with van der Waals surface area (Å²) >= 11 is 0. The summed E-state index contributed by atoms with van der Waals surface area (Å²) in [6, 6.07) is 3.85. The molecule has 4 nitrogen and oxygen atoms in total. The molecule has 1 amide bonds. The second-order valence-electron chi connectivity index (χ2n) is 4.83. The van der Waals surface area contributed by atoms with Crippen molar-refractivity contribution in [2.24, 2.45) is 5.92 Å². The molecule has 4 heteroatoms. The summed E-state index contributed by atoms with van der Waals surface area (Å²) in [4.78, 5) is 13.7. The molecule has 1 aromatic rings. The van der Waals surface area contributed by atoms with Gasteiger partial charge >= 0.3 is 0 Å². The summed E-state index contributed by atoms with van der Waals surface area (Å²) in [6.07, 6.45) is 1.75. The molecule has 1 unspecified atom stereocenters. The molecule has 1 aromatic heterocycles. The summed E-state index contributed by atoms with van der Waals surface area (Å²) in [6.45, 7) is 4.49. The average Bonchev–Trinajstić information content (AvgIpc) is 2.90. The van der Waals surface area contributed by atoms with E-state index in [1.165, 1.54) is 0 Å². The Balaban J connectivity index is 1.82. The van der Waals surface area contributed by atoms with Crippen molar-refractivity contribution in [1.29, 1.82) is 0 Å². The quantitative estimate of drug-likeness (QED) is 0.862. The minimum absolute atomic E-state index is 0.202. The molecule has 0 spiro atoms. The van der Waals surface area contributed by atoms with Crippen LogP contribution in [0.25, 0.3) is 0 Å². The maximum absolute atomic E-state index is 12.0. The average molecular weight is 236 g/mol. The minimum Gasteiger partial charge on any atom is -0.464 e. The molecule has 1 aliphatic rings. The summed E-state index contributed by atoms with van der Waals surface area (Å²) < 4.78 is 5.47. The van der Waals surface area contributed by atoms with Crippen LogP contribution in [0.3, 0.4) is 0 Å². The fraction of sp³-hybridized carbons (Fsp3) is 0.615. The van der Waals surface area contributed by atoms with E-state index in [-0.39, 0.29) is 5.91 Å². The Morgan fingerprint density at radius 2 is 2.41 bits per heavy atom. The van der Waals surface area contributed by atoms with Gasteiger partial charge < -0.3 is 14.6 Å². The highest BCUT2D eigenvalue weighted by Gasteiger charge is 2.20. The first-order chi connectivity index (χ1) is 8.15. The second-order valence-corrected chi connectivity index (χ2v) is 4.83. The zero-order valence-electron chi connectivity index (χ0n) is 10.5. The van der Waals surface area contributed by atoms with E-state index in [0.717, 1.165) is 31.0 Å². The number of carbonyl (C=O) groups is 1. The van der Waals surface area contributed by atoms with Gasteiger partial charge in [-0.25, -0.2) is 0 Å². The molecule has 1 fully saturated rings. The van der Waals surface area contributed by atoms with Crippen molar-refractivity contribution in [3.8, 4) is 0 Å². The van der Waals surface area contributed by atoms with Crippen molar-refractivity contribution >= 4 is 5.91 Å². The van der Waals surface area contributed by atoms with Crippen molar-refractivity contribution in [3.05, 3.63) is 23.7 Å². The third-order valence-corrected chi connectivity index (χ3v) is 3.24. The van der Waals surface area contributed by atoms with Gasteiger partial charge in [-0.1, -0.05) is 0 Å². The summed E-state index contributed by atoms with van der Waals surface area (Å²) in [5.41, 5.74) is 0. The highest BCUT2D eigenvalue weighted by atomic mass is 16.3. The highest BCUT2D eigenvalue weighted by molar-refractivity contribution is 5.76. The van der Waals surface area contributed by atoms with Crippen LogP contribution in [-0.4, -0.2) is 30.9 Å². The molecule has 2 rings (SSSR count). The molecule has 1 aliphatic heterocycles. The summed E-state index contributed by atoms with van der Waals surface area (Å²) in [5, 5.41) is 3.28. The van der Waals surface area contributed by atoms with E-state index in [1.807, 2.05) is 26.1 Å². The maximum Gasteiger partial charge on any atom is 0.223 e. The Labute approximate surface area is 102 Å². The number of amides is 1. The zero-order chi connectivity index (χ0) is 12.3. The lowest BCUT2D eigenvalue weighted by atomic mass is 10.0. The zero-order valence-corrected chi connectivity index (χ0v) is 10.5. The van der Waals surface area contributed by atoms with Crippen LogP contribution in [0.15, 0.2) is 16.5 Å². The topological polar surface area (TPSA) is 45.5 Å². The van der Waals surface area contributed by atoms with E-state index in [1.54, 1.807) is 4.90 Å². The largest absolute Gasteiger partial charge is 0.464 e. The standard InChI is InChI=1S/C13H20N2O2/c1-10-3-4-12(17-10)9-15(2)13(16)7-11-5-6-14-8-11/h3-4,11,14H,5-9H2,1-2H3. The van der Waals surface area contributed by atoms with Crippen LogP contribution in [0, 0.1) is 12.8 Å². The van der Waals surface area contributed by atoms with E-state index in [4.69, 9.17) is 4.42 Å². The van der Waals surface area contributed by atoms with E-state index in [0.29, 0.717) is 18.9 Å². The lowest BCUT2D eigenvalue weighted by molar-refractivity contribution is -0.131. The predicted molar refractivity (Wildman–Crippen MR) is 65.5 cm³/mol. The molecule has 1 N–H and O–H groups in total. The van der Waals surface area contributed by atoms with Crippen LogP contribution >= 0.6 is 0 Å². The van der Waals surface area contributed by atoms with Crippen LogP contribution in [0.1, 0.15) is 24.4 Å². The Morgan fingerprint density at radius 1 is 1.59 bits per heavy atom. The number of carbonyl (C=O) groups excluding carboxylic acids is 1. The Morgan fingerprint density at radius 3 is 3.00 bits per heavy atom. The third-order valence-electron chi connectivity index (χ3n) is 3.24. The van der Waals surface area contributed by atoms with Crippen LogP contribution in [0.5, 0.6) is 0 Å². The van der Waals surface area contributed by atoms with Gasteiger partial charge in [0.15, 0.2) is 0 Å². The van der Waals surface area contributed by atoms with Gasteiger partial charge in [0.25, 0.3) is 0 Å². The first kappa shape index (κ1) is 12.2. The van der Waals surface area contributed by atoms with Gasteiger partial charge in [0, 0.05) is 13.5 Å². The second kappa shape index (κ2) is 5.36. The number of rotatable bonds is 4. The maximum atomic E-state index is 12.0. The molecule has 0 radical (unpaired) electrons. The van der Waals surface area contributed by atoms with Gasteiger partial charge in [0.05, 0.1) is 6.54 Å². The Hall–Kier alpha value is -1.29. The normalized spacial score (nSPS) is 19.5. The van der Waals surface area contributed by atoms with Gasteiger partial charge in [-0.05, 0) is 44.5 Å². The SMILES string of the molecule is Cc1ccc(CN(C)C(=O)CC2CCNC2)o1. The van der Waals surface area contributed by atoms with E-state index in [9.17, 15) is 4.79 Å². The first-order valence-corrected chi connectivity index (χ1v) is 6.15. The lowest BCUT2D eigenvalue weighted by Crippen LogP contribution is -2.28. The van der Waals surface area contributed by atoms with Crippen molar-refractivity contribution in [2.75, 3.05) is 20.1 Å².